The summed E-state index contributed by atoms with van der Waals surface area (Å²) in [6, 6.07) is 0.329. The van der Waals surface area contributed by atoms with Gasteiger partial charge in [-0.1, -0.05) is 37.6 Å². The summed E-state index contributed by atoms with van der Waals surface area (Å²) in [5.41, 5.74) is 2.05. The zero-order chi connectivity index (χ0) is 39.6. The van der Waals surface area contributed by atoms with E-state index in [9.17, 15) is 9.59 Å². The van der Waals surface area contributed by atoms with E-state index in [1.54, 1.807) is 21.3 Å². The van der Waals surface area contributed by atoms with Crippen LogP contribution in [0.5, 0.6) is 0 Å². The SMILES string of the molecule is CCC=CC1CCCC(OC2CCC(N(C)C)C(C)O2)C(C)C(=O)C2=CC3C(C=C(C)C4CC(OC5OC(C)C(OC)C(OC)C5OC)CC43)C2CC(=O)O1. The number of ketones is 1. The number of esters is 1. The fourth-order valence-electron chi connectivity index (χ4n) is 10.9. The largest absolute Gasteiger partial charge is 0.458 e. The number of fused-ring (bicyclic) bond motifs is 5. The number of ether oxygens (including phenoxy) is 8. The molecule has 0 aromatic carbocycles. The van der Waals surface area contributed by atoms with E-state index in [0.717, 1.165) is 44.1 Å². The van der Waals surface area contributed by atoms with Gasteiger partial charge in [0.2, 0.25) is 0 Å². The van der Waals surface area contributed by atoms with Crippen molar-refractivity contribution in [1.29, 1.82) is 0 Å². The molecule has 4 fully saturated rings. The molecule has 55 heavy (non-hydrogen) atoms. The number of carbonyl (C=O) groups excluding carboxylic acids is 2. The molecule has 310 valence electrons. The second-order valence-electron chi connectivity index (χ2n) is 17.3. The van der Waals surface area contributed by atoms with Gasteiger partial charge in [0.05, 0.1) is 30.8 Å². The van der Waals surface area contributed by atoms with Crippen LogP contribution in [0.4, 0.5) is 0 Å². The number of hydrogen-bond donors (Lipinski definition) is 0. The molecule has 11 heteroatoms. The van der Waals surface area contributed by atoms with Gasteiger partial charge in [0.25, 0.3) is 0 Å². The summed E-state index contributed by atoms with van der Waals surface area (Å²) in [7, 11) is 9.16. The standard InChI is InChI=1S/C44H69NO10/c1-11-12-14-28-15-13-16-37(55-39-18-17-36(45(6)7)26(4)51-39)25(3)40(47)35-22-33-31(34(35)23-38(46)53-28)19-24(2)30-20-29(21-32(30)33)54-44-43(50-10)42(49-9)41(48-8)27(5)52-44/h12,14,19,22,25-34,36-37,39,41-44H,11,13,15-18,20-21,23H2,1-10H3. The van der Waals surface area contributed by atoms with E-state index in [1.165, 1.54) is 5.57 Å². The first-order valence-electron chi connectivity index (χ1n) is 21.1. The van der Waals surface area contributed by atoms with Crippen molar-refractivity contribution in [1.82, 2.24) is 4.90 Å². The van der Waals surface area contributed by atoms with Gasteiger partial charge in [-0.15, -0.1) is 0 Å². The van der Waals surface area contributed by atoms with E-state index in [0.29, 0.717) is 24.8 Å². The molecular formula is C44H69NO10. The number of cyclic esters (lactones) is 1. The van der Waals surface area contributed by atoms with Gasteiger partial charge in [0, 0.05) is 39.2 Å². The lowest BCUT2D eigenvalue weighted by Crippen LogP contribution is -2.59. The molecule has 0 radical (unpaired) electrons. The molecule has 0 spiro atoms. The van der Waals surface area contributed by atoms with Gasteiger partial charge in [-0.2, -0.15) is 0 Å². The maximum absolute atomic E-state index is 14.8. The minimum Gasteiger partial charge on any atom is -0.458 e. The molecular weight excluding hydrogens is 702 g/mol. The number of allylic oxidation sites excluding steroid dienone is 5. The molecule has 0 aromatic heterocycles. The maximum atomic E-state index is 14.8. The van der Waals surface area contributed by atoms with E-state index in [-0.39, 0.29) is 96.8 Å². The van der Waals surface area contributed by atoms with Gasteiger partial charge in [0.1, 0.15) is 24.4 Å². The van der Waals surface area contributed by atoms with Gasteiger partial charge in [-0.25, -0.2) is 0 Å². The highest BCUT2D eigenvalue weighted by Gasteiger charge is 2.53. The van der Waals surface area contributed by atoms with Crippen molar-refractivity contribution in [2.75, 3.05) is 35.4 Å². The third-order valence-corrected chi connectivity index (χ3v) is 13.7. The summed E-state index contributed by atoms with van der Waals surface area (Å²) in [5, 5.41) is 0. The summed E-state index contributed by atoms with van der Waals surface area (Å²) in [6.45, 7) is 10.4. The van der Waals surface area contributed by atoms with Crippen molar-refractivity contribution >= 4 is 11.8 Å². The molecule has 6 aliphatic rings. The van der Waals surface area contributed by atoms with Crippen LogP contribution in [0.3, 0.4) is 0 Å². The first-order valence-corrected chi connectivity index (χ1v) is 21.1. The van der Waals surface area contributed by atoms with E-state index in [1.807, 2.05) is 19.9 Å². The van der Waals surface area contributed by atoms with Gasteiger partial charge in [0.15, 0.2) is 18.4 Å². The number of hydrogen-bond acceptors (Lipinski definition) is 11. The molecule has 3 saturated heterocycles. The van der Waals surface area contributed by atoms with Crippen LogP contribution in [0.25, 0.3) is 0 Å². The highest BCUT2D eigenvalue weighted by molar-refractivity contribution is 5.99. The molecule has 0 N–H and O–H groups in total. The molecule has 11 nitrogen and oxygen atoms in total. The predicted octanol–water partition coefficient (Wildman–Crippen LogP) is 6.43. The lowest BCUT2D eigenvalue weighted by atomic mass is 9.67. The third kappa shape index (κ3) is 9.20. The van der Waals surface area contributed by atoms with E-state index < -0.39 is 12.4 Å². The van der Waals surface area contributed by atoms with Crippen LogP contribution in [0, 0.1) is 35.5 Å². The third-order valence-electron chi connectivity index (χ3n) is 13.7. The Hall–Kier alpha value is -1.96. The van der Waals surface area contributed by atoms with Crippen molar-refractivity contribution in [2.24, 2.45) is 35.5 Å². The molecule has 3 aliphatic carbocycles. The summed E-state index contributed by atoms with van der Waals surface area (Å²) in [4.78, 5) is 30.8. The Kier molecular flexibility index (Phi) is 14.5. The van der Waals surface area contributed by atoms with E-state index in [2.05, 4.69) is 58.0 Å². The summed E-state index contributed by atoms with van der Waals surface area (Å²) in [6.07, 6.45) is 12.3. The first kappa shape index (κ1) is 42.6. The average molecular weight is 772 g/mol. The second kappa shape index (κ2) is 18.7. The topological polar surface area (TPSA) is 111 Å². The van der Waals surface area contributed by atoms with Crippen LogP contribution >= 0.6 is 0 Å². The monoisotopic (exact) mass is 771 g/mol. The highest BCUT2D eigenvalue weighted by Crippen LogP contribution is 2.56. The Balaban J connectivity index is 1.24. The van der Waals surface area contributed by atoms with Gasteiger partial charge in [-0.05, 0) is 122 Å². The van der Waals surface area contributed by atoms with Crippen molar-refractivity contribution < 1.29 is 47.5 Å². The highest BCUT2D eigenvalue weighted by atomic mass is 16.7. The van der Waals surface area contributed by atoms with Gasteiger partial charge < -0.3 is 42.8 Å². The predicted molar refractivity (Wildman–Crippen MR) is 208 cm³/mol. The Morgan fingerprint density at radius 1 is 0.836 bits per heavy atom. The van der Waals surface area contributed by atoms with E-state index in [4.69, 9.17) is 37.9 Å². The molecule has 0 amide bonds. The number of Topliss-reactive ketones (excluding diaryl/α,β-unsaturated/α-hetero) is 1. The lowest BCUT2D eigenvalue weighted by Gasteiger charge is -2.44. The molecule has 3 aliphatic heterocycles. The number of carbonyl (C=O) groups is 2. The van der Waals surface area contributed by atoms with Crippen molar-refractivity contribution in [3.05, 3.63) is 35.5 Å². The lowest BCUT2D eigenvalue weighted by molar-refractivity contribution is -0.314. The number of rotatable bonds is 10. The average Bonchev–Trinajstić information content (AvgIpc) is 3.73. The molecule has 17 unspecified atom stereocenters. The summed E-state index contributed by atoms with van der Waals surface area (Å²) >= 11 is 0. The van der Waals surface area contributed by atoms with Gasteiger partial charge in [-0.3, -0.25) is 9.59 Å². The van der Waals surface area contributed by atoms with Crippen molar-refractivity contribution in [3.8, 4) is 0 Å². The van der Waals surface area contributed by atoms with Crippen molar-refractivity contribution in [2.45, 2.75) is 160 Å². The van der Waals surface area contributed by atoms with Crippen LogP contribution in [-0.4, -0.2) is 120 Å². The fourth-order valence-corrected chi connectivity index (χ4v) is 10.9. The molecule has 3 heterocycles. The quantitative estimate of drug-likeness (QED) is 0.181. The summed E-state index contributed by atoms with van der Waals surface area (Å²) in [5.74, 6) is -0.133. The zero-order valence-electron chi connectivity index (χ0n) is 35.0. The van der Waals surface area contributed by atoms with Gasteiger partial charge >= 0.3 is 5.97 Å². The molecule has 0 aromatic rings. The normalized spacial score (nSPS) is 44.2. The smallest absolute Gasteiger partial charge is 0.307 e. The van der Waals surface area contributed by atoms with E-state index >= 15 is 0 Å². The molecule has 17 atom stereocenters. The molecule has 6 rings (SSSR count). The Bertz CT molecular complexity index is 1410. The maximum Gasteiger partial charge on any atom is 0.307 e. The second-order valence-corrected chi connectivity index (χ2v) is 17.3. The Labute approximate surface area is 329 Å². The van der Waals surface area contributed by atoms with Crippen LogP contribution in [0.2, 0.25) is 0 Å². The summed E-state index contributed by atoms with van der Waals surface area (Å²) < 4.78 is 49.9. The zero-order valence-corrected chi connectivity index (χ0v) is 35.0. The molecule has 1 saturated carbocycles. The minimum absolute atomic E-state index is 0.0224. The van der Waals surface area contributed by atoms with Crippen LogP contribution in [-0.2, 0) is 47.5 Å². The number of nitrogens with zero attached hydrogens (tertiary/aromatic N) is 1. The van der Waals surface area contributed by atoms with Crippen LogP contribution < -0.4 is 0 Å². The fraction of sp³-hybridized carbons (Fsp3) is 0.818. The van der Waals surface area contributed by atoms with Crippen LogP contribution in [0.15, 0.2) is 35.5 Å². The van der Waals surface area contributed by atoms with Crippen LogP contribution in [0.1, 0.15) is 92.4 Å². The Morgan fingerprint density at radius 3 is 2.25 bits per heavy atom. The van der Waals surface area contributed by atoms with Crippen molar-refractivity contribution in [3.63, 3.8) is 0 Å². The molecule has 0 bridgehead atoms. The minimum atomic E-state index is -0.604. The number of likely N-dealkylation sites (N-methyl/N-ethyl adjacent to an activating group) is 1. The Morgan fingerprint density at radius 2 is 1.58 bits per heavy atom. The first-order chi connectivity index (χ1) is 26.4. The number of methoxy groups -OCH3 is 3.